The van der Waals surface area contributed by atoms with Gasteiger partial charge < -0.3 is 9.47 Å². The quantitative estimate of drug-likeness (QED) is 0.770. The molecule has 104 valence electrons. The Morgan fingerprint density at radius 3 is 2.50 bits per heavy atom. The topological polar surface area (TPSA) is 35.5 Å². The minimum absolute atomic E-state index is 0.204. The summed E-state index contributed by atoms with van der Waals surface area (Å²) in [5.41, 5.74) is 1.39. The van der Waals surface area contributed by atoms with E-state index in [-0.39, 0.29) is 6.10 Å². The molecule has 0 saturated heterocycles. The number of benzene rings is 2. The first-order chi connectivity index (χ1) is 9.65. The highest BCUT2D eigenvalue weighted by Crippen LogP contribution is 2.36. The van der Waals surface area contributed by atoms with Crippen molar-refractivity contribution in [2.75, 3.05) is 7.11 Å². The van der Waals surface area contributed by atoms with Crippen LogP contribution >= 0.6 is 11.6 Å². The Morgan fingerprint density at radius 1 is 1.20 bits per heavy atom. The van der Waals surface area contributed by atoms with Crippen molar-refractivity contribution in [2.45, 2.75) is 13.0 Å². The Kier molecular flexibility index (Phi) is 4.64. The van der Waals surface area contributed by atoms with Crippen LogP contribution in [0.4, 0.5) is 0 Å². The van der Waals surface area contributed by atoms with Crippen LogP contribution in [0.3, 0.4) is 0 Å². The fourth-order valence-corrected chi connectivity index (χ4v) is 2.14. The Morgan fingerprint density at radius 2 is 1.90 bits per heavy atom. The van der Waals surface area contributed by atoms with Crippen molar-refractivity contribution in [2.24, 2.45) is 0 Å². The first kappa shape index (κ1) is 14.4. The van der Waals surface area contributed by atoms with Gasteiger partial charge in [0, 0.05) is 11.1 Å². The molecule has 0 heterocycles. The maximum absolute atomic E-state index is 11.2. The predicted molar refractivity (Wildman–Crippen MR) is 78.9 cm³/mol. The third kappa shape index (κ3) is 3.11. The summed E-state index contributed by atoms with van der Waals surface area (Å²) in [7, 11) is 1.51. The fraction of sp³-hybridized carbons (Fsp3) is 0.188. The average molecular weight is 291 g/mol. The van der Waals surface area contributed by atoms with Gasteiger partial charge in [0.05, 0.1) is 12.7 Å². The number of hydrogen-bond acceptors (Lipinski definition) is 3. The number of ether oxygens (including phenoxy) is 2. The third-order valence-corrected chi connectivity index (χ3v) is 3.18. The van der Waals surface area contributed by atoms with Crippen molar-refractivity contribution in [3.63, 3.8) is 0 Å². The molecular weight excluding hydrogens is 276 g/mol. The molecule has 2 aromatic rings. The van der Waals surface area contributed by atoms with Crippen LogP contribution in [0.15, 0.2) is 42.5 Å². The molecule has 0 aliphatic carbocycles. The molecule has 1 atom stereocenters. The number of rotatable bonds is 5. The second kappa shape index (κ2) is 6.44. The molecule has 4 heteroatoms. The molecule has 3 nitrogen and oxygen atoms in total. The molecule has 1 unspecified atom stereocenters. The van der Waals surface area contributed by atoms with Crippen LogP contribution in [0.25, 0.3) is 0 Å². The van der Waals surface area contributed by atoms with E-state index in [4.69, 9.17) is 21.1 Å². The zero-order valence-electron chi connectivity index (χ0n) is 11.3. The maximum Gasteiger partial charge on any atom is 0.172 e. The highest BCUT2D eigenvalue weighted by molar-refractivity contribution is 6.31. The summed E-state index contributed by atoms with van der Waals surface area (Å²) in [6, 6.07) is 12.9. The van der Waals surface area contributed by atoms with E-state index in [1.165, 1.54) is 7.11 Å². The van der Waals surface area contributed by atoms with Gasteiger partial charge in [-0.3, -0.25) is 4.79 Å². The molecule has 0 bridgehead atoms. The van der Waals surface area contributed by atoms with Gasteiger partial charge in [-0.1, -0.05) is 41.9 Å². The van der Waals surface area contributed by atoms with Crippen LogP contribution in [-0.4, -0.2) is 13.4 Å². The van der Waals surface area contributed by atoms with Crippen LogP contribution in [0.5, 0.6) is 11.5 Å². The van der Waals surface area contributed by atoms with Gasteiger partial charge in [-0.25, -0.2) is 0 Å². The molecule has 20 heavy (non-hydrogen) atoms. The second-order valence-corrected chi connectivity index (χ2v) is 4.75. The minimum atomic E-state index is -0.204. The van der Waals surface area contributed by atoms with E-state index in [9.17, 15) is 4.79 Å². The highest BCUT2D eigenvalue weighted by Gasteiger charge is 2.16. The smallest absolute Gasteiger partial charge is 0.172 e. The van der Waals surface area contributed by atoms with Crippen molar-refractivity contribution in [1.29, 1.82) is 0 Å². The van der Waals surface area contributed by atoms with Crippen molar-refractivity contribution < 1.29 is 14.3 Å². The SMILES string of the molecule is COc1cc(Cl)cc(C=O)c1OC(C)c1ccccc1. The molecular formula is C16H15ClO3. The first-order valence-corrected chi connectivity index (χ1v) is 6.57. The van der Waals surface area contributed by atoms with Gasteiger partial charge in [0.1, 0.15) is 6.10 Å². The van der Waals surface area contributed by atoms with Crippen molar-refractivity contribution in [1.82, 2.24) is 0 Å². The lowest BCUT2D eigenvalue weighted by atomic mass is 10.1. The number of hydrogen-bond donors (Lipinski definition) is 0. The molecule has 0 saturated carbocycles. The molecule has 2 rings (SSSR count). The van der Waals surface area contributed by atoms with E-state index in [1.54, 1.807) is 12.1 Å². The molecule has 0 amide bonds. The van der Waals surface area contributed by atoms with Gasteiger partial charge in [0.15, 0.2) is 17.8 Å². The standard InChI is InChI=1S/C16H15ClO3/c1-11(12-6-4-3-5-7-12)20-16-13(10-18)8-14(17)9-15(16)19-2/h3-11H,1-2H3. The van der Waals surface area contributed by atoms with Crippen LogP contribution in [0.2, 0.25) is 5.02 Å². The van der Waals surface area contributed by atoms with Gasteiger partial charge >= 0.3 is 0 Å². The molecule has 0 radical (unpaired) electrons. The molecule has 0 aromatic heterocycles. The predicted octanol–water partition coefficient (Wildman–Crippen LogP) is 4.30. The summed E-state index contributed by atoms with van der Waals surface area (Å²) in [6.07, 6.45) is 0.506. The van der Waals surface area contributed by atoms with Gasteiger partial charge in [-0.05, 0) is 18.6 Å². The van der Waals surface area contributed by atoms with Crippen LogP contribution in [-0.2, 0) is 0 Å². The lowest BCUT2D eigenvalue weighted by Gasteiger charge is -2.18. The summed E-state index contributed by atoms with van der Waals surface area (Å²) < 4.78 is 11.1. The summed E-state index contributed by atoms with van der Waals surface area (Å²) in [5, 5.41) is 0.434. The van der Waals surface area contributed by atoms with E-state index in [0.29, 0.717) is 28.4 Å². The van der Waals surface area contributed by atoms with E-state index >= 15 is 0 Å². The van der Waals surface area contributed by atoms with E-state index < -0.39 is 0 Å². The molecule has 0 aliphatic heterocycles. The highest BCUT2D eigenvalue weighted by atomic mass is 35.5. The fourth-order valence-electron chi connectivity index (χ4n) is 1.92. The maximum atomic E-state index is 11.2. The largest absolute Gasteiger partial charge is 0.493 e. The Balaban J connectivity index is 2.35. The lowest BCUT2D eigenvalue weighted by Crippen LogP contribution is -2.06. The van der Waals surface area contributed by atoms with E-state index in [2.05, 4.69) is 0 Å². The summed E-state index contributed by atoms with van der Waals surface area (Å²) in [4.78, 5) is 11.2. The Labute approximate surface area is 123 Å². The van der Waals surface area contributed by atoms with Crippen LogP contribution < -0.4 is 9.47 Å². The van der Waals surface area contributed by atoms with Crippen LogP contribution in [0.1, 0.15) is 28.9 Å². The summed E-state index contributed by atoms with van der Waals surface area (Å²) in [6.45, 7) is 1.91. The average Bonchev–Trinajstić information content (AvgIpc) is 2.49. The van der Waals surface area contributed by atoms with Crippen molar-refractivity contribution in [3.8, 4) is 11.5 Å². The molecule has 0 spiro atoms. The number of methoxy groups -OCH3 is 1. The van der Waals surface area contributed by atoms with Gasteiger partial charge in [-0.2, -0.15) is 0 Å². The summed E-state index contributed by atoms with van der Waals surface area (Å²) in [5.74, 6) is 0.852. The minimum Gasteiger partial charge on any atom is -0.493 e. The normalized spacial score (nSPS) is 11.8. The molecule has 0 N–H and O–H groups in total. The van der Waals surface area contributed by atoms with Crippen molar-refractivity contribution >= 4 is 17.9 Å². The van der Waals surface area contributed by atoms with Gasteiger partial charge in [-0.15, -0.1) is 0 Å². The molecule has 0 aliphatic rings. The van der Waals surface area contributed by atoms with Gasteiger partial charge in [0.25, 0.3) is 0 Å². The number of aldehydes is 1. The van der Waals surface area contributed by atoms with E-state index in [0.717, 1.165) is 5.56 Å². The number of carbonyl (C=O) groups is 1. The monoisotopic (exact) mass is 290 g/mol. The zero-order chi connectivity index (χ0) is 14.5. The second-order valence-electron chi connectivity index (χ2n) is 4.32. The van der Waals surface area contributed by atoms with Crippen LogP contribution in [0, 0.1) is 0 Å². The molecule has 2 aromatic carbocycles. The first-order valence-electron chi connectivity index (χ1n) is 6.20. The molecule has 0 fully saturated rings. The third-order valence-electron chi connectivity index (χ3n) is 2.96. The summed E-state index contributed by atoms with van der Waals surface area (Å²) >= 11 is 5.94. The zero-order valence-corrected chi connectivity index (χ0v) is 12.1. The number of halogens is 1. The van der Waals surface area contributed by atoms with Gasteiger partial charge in [0.2, 0.25) is 0 Å². The number of carbonyl (C=O) groups excluding carboxylic acids is 1. The Bertz CT molecular complexity index is 596. The van der Waals surface area contributed by atoms with E-state index in [1.807, 2.05) is 37.3 Å². The Hall–Kier alpha value is -2.00. The van der Waals surface area contributed by atoms with Crippen molar-refractivity contribution in [3.05, 3.63) is 58.6 Å². The lowest BCUT2D eigenvalue weighted by molar-refractivity contribution is 0.111.